The standard InChI is InChI=1S/C16H13F2N3O2/c1-9-19-20-16(10-5-6-11(22)8-12(23)7-10)21(9)14-4-2-3-13(17)15(14)18/h2-6,8,22-23H,7H2,1H3. The first-order chi connectivity index (χ1) is 11.0. The number of aromatic nitrogens is 3. The molecule has 1 aromatic carbocycles. The van der Waals surface area contributed by atoms with Gasteiger partial charge >= 0.3 is 0 Å². The fourth-order valence-corrected chi connectivity index (χ4v) is 2.39. The minimum Gasteiger partial charge on any atom is -0.512 e. The van der Waals surface area contributed by atoms with Gasteiger partial charge < -0.3 is 10.2 Å². The molecule has 0 saturated heterocycles. The number of aryl methyl sites for hydroxylation is 1. The Morgan fingerprint density at radius 2 is 1.91 bits per heavy atom. The molecule has 0 saturated carbocycles. The summed E-state index contributed by atoms with van der Waals surface area (Å²) in [5, 5.41) is 27.2. The molecule has 118 valence electrons. The van der Waals surface area contributed by atoms with Crippen LogP contribution in [0.2, 0.25) is 0 Å². The minimum absolute atomic E-state index is 0.0238. The van der Waals surface area contributed by atoms with Crippen molar-refractivity contribution in [1.82, 2.24) is 14.8 Å². The molecule has 3 rings (SSSR count). The Kier molecular flexibility index (Phi) is 3.69. The number of hydrogen-bond donors (Lipinski definition) is 2. The molecular weight excluding hydrogens is 304 g/mol. The van der Waals surface area contributed by atoms with Crippen LogP contribution in [0.15, 0.2) is 47.9 Å². The summed E-state index contributed by atoms with van der Waals surface area (Å²) in [7, 11) is 0. The number of benzene rings is 1. The molecule has 0 fully saturated rings. The SMILES string of the molecule is Cc1nnc(C2=CC=C(O)C=C(O)C2)n1-c1cccc(F)c1F. The first-order valence-corrected chi connectivity index (χ1v) is 6.83. The minimum atomic E-state index is -1.01. The summed E-state index contributed by atoms with van der Waals surface area (Å²) in [5.41, 5.74) is 0.483. The summed E-state index contributed by atoms with van der Waals surface area (Å²) in [5.74, 6) is -1.54. The van der Waals surface area contributed by atoms with E-state index in [9.17, 15) is 19.0 Å². The quantitative estimate of drug-likeness (QED) is 0.889. The van der Waals surface area contributed by atoms with Crippen molar-refractivity contribution in [1.29, 1.82) is 0 Å². The van der Waals surface area contributed by atoms with Crippen LogP contribution >= 0.6 is 0 Å². The molecule has 0 spiro atoms. The first-order valence-electron chi connectivity index (χ1n) is 6.83. The van der Waals surface area contributed by atoms with Crippen LogP contribution in [0.25, 0.3) is 11.3 Å². The predicted molar refractivity (Wildman–Crippen MR) is 80.0 cm³/mol. The average molecular weight is 317 g/mol. The second-order valence-electron chi connectivity index (χ2n) is 5.08. The molecule has 0 radical (unpaired) electrons. The van der Waals surface area contributed by atoms with Crippen LogP contribution in [0.1, 0.15) is 18.1 Å². The number of hydrogen-bond acceptors (Lipinski definition) is 4. The molecule has 1 aromatic heterocycles. The third kappa shape index (κ3) is 2.73. The molecule has 1 heterocycles. The van der Waals surface area contributed by atoms with Crippen molar-refractivity contribution in [2.45, 2.75) is 13.3 Å². The second-order valence-corrected chi connectivity index (χ2v) is 5.08. The average Bonchev–Trinajstić information content (AvgIpc) is 2.78. The number of aliphatic hydroxyl groups is 2. The van der Waals surface area contributed by atoms with Gasteiger partial charge in [0.05, 0.1) is 5.69 Å². The van der Waals surface area contributed by atoms with E-state index < -0.39 is 11.6 Å². The molecule has 23 heavy (non-hydrogen) atoms. The molecule has 7 heteroatoms. The van der Waals surface area contributed by atoms with E-state index in [4.69, 9.17) is 0 Å². The van der Waals surface area contributed by atoms with Gasteiger partial charge in [-0.1, -0.05) is 12.1 Å². The van der Waals surface area contributed by atoms with E-state index in [1.165, 1.54) is 28.9 Å². The smallest absolute Gasteiger partial charge is 0.182 e. The van der Waals surface area contributed by atoms with Gasteiger partial charge in [-0.25, -0.2) is 8.78 Å². The van der Waals surface area contributed by atoms with Gasteiger partial charge in [0.2, 0.25) is 0 Å². The molecule has 2 N–H and O–H groups in total. The van der Waals surface area contributed by atoms with Gasteiger partial charge in [-0.3, -0.25) is 4.57 Å². The largest absolute Gasteiger partial charge is 0.512 e. The van der Waals surface area contributed by atoms with Crippen LogP contribution in [0.4, 0.5) is 8.78 Å². The van der Waals surface area contributed by atoms with Crippen molar-refractivity contribution in [2.75, 3.05) is 0 Å². The van der Waals surface area contributed by atoms with Crippen molar-refractivity contribution in [3.63, 3.8) is 0 Å². The lowest BCUT2D eigenvalue weighted by molar-refractivity contribution is 0.386. The highest BCUT2D eigenvalue weighted by Crippen LogP contribution is 2.27. The Hall–Kier alpha value is -2.96. The van der Waals surface area contributed by atoms with E-state index in [0.29, 0.717) is 11.4 Å². The highest BCUT2D eigenvalue weighted by Gasteiger charge is 2.20. The summed E-state index contributed by atoms with van der Waals surface area (Å²) >= 11 is 0. The van der Waals surface area contributed by atoms with Crippen molar-refractivity contribution < 1.29 is 19.0 Å². The normalized spacial score (nSPS) is 14.8. The molecule has 0 atom stereocenters. The third-order valence-electron chi connectivity index (χ3n) is 3.43. The van der Waals surface area contributed by atoms with Crippen molar-refractivity contribution in [2.24, 2.45) is 0 Å². The van der Waals surface area contributed by atoms with Gasteiger partial charge in [0.25, 0.3) is 0 Å². The lowest BCUT2D eigenvalue weighted by atomic mass is 10.1. The zero-order valence-corrected chi connectivity index (χ0v) is 12.2. The Bertz CT molecular complexity index is 866. The van der Waals surface area contributed by atoms with Gasteiger partial charge in [-0.15, -0.1) is 10.2 Å². The number of halogens is 2. The Morgan fingerprint density at radius 1 is 1.13 bits per heavy atom. The topological polar surface area (TPSA) is 71.2 Å². The van der Waals surface area contributed by atoms with Gasteiger partial charge in [0, 0.05) is 18.1 Å². The van der Waals surface area contributed by atoms with E-state index in [1.807, 2.05) is 0 Å². The molecule has 1 aliphatic rings. The Morgan fingerprint density at radius 3 is 2.70 bits per heavy atom. The number of rotatable bonds is 2. The molecule has 0 unspecified atom stereocenters. The van der Waals surface area contributed by atoms with Crippen LogP contribution in [-0.2, 0) is 0 Å². The lowest BCUT2D eigenvalue weighted by Crippen LogP contribution is -2.06. The zero-order valence-electron chi connectivity index (χ0n) is 12.2. The predicted octanol–water partition coefficient (Wildman–Crippen LogP) is 3.52. The zero-order chi connectivity index (χ0) is 16.6. The summed E-state index contributed by atoms with van der Waals surface area (Å²) < 4.78 is 29.0. The third-order valence-corrected chi connectivity index (χ3v) is 3.43. The van der Waals surface area contributed by atoms with Crippen LogP contribution in [0, 0.1) is 18.6 Å². The van der Waals surface area contributed by atoms with Crippen molar-refractivity contribution in [3.05, 3.63) is 71.2 Å². The second kappa shape index (κ2) is 5.68. The fraction of sp³-hybridized carbons (Fsp3) is 0.125. The monoisotopic (exact) mass is 317 g/mol. The van der Waals surface area contributed by atoms with Crippen LogP contribution in [0.3, 0.4) is 0 Å². The maximum Gasteiger partial charge on any atom is 0.182 e. The molecule has 5 nitrogen and oxygen atoms in total. The maximum atomic E-state index is 14.1. The number of allylic oxidation sites excluding steroid dienone is 4. The van der Waals surface area contributed by atoms with E-state index in [0.717, 1.165) is 6.07 Å². The van der Waals surface area contributed by atoms with Crippen LogP contribution < -0.4 is 0 Å². The Balaban J connectivity index is 2.17. The van der Waals surface area contributed by atoms with Crippen molar-refractivity contribution in [3.8, 4) is 5.69 Å². The van der Waals surface area contributed by atoms with Gasteiger partial charge in [0.15, 0.2) is 17.5 Å². The number of nitrogens with zero attached hydrogens (tertiary/aromatic N) is 3. The highest BCUT2D eigenvalue weighted by atomic mass is 19.2. The summed E-state index contributed by atoms with van der Waals surface area (Å²) in [4.78, 5) is 0. The van der Waals surface area contributed by atoms with Crippen LogP contribution in [-0.4, -0.2) is 25.0 Å². The van der Waals surface area contributed by atoms with E-state index in [2.05, 4.69) is 10.2 Å². The fourth-order valence-electron chi connectivity index (χ4n) is 2.39. The molecule has 2 aromatic rings. The lowest BCUT2D eigenvalue weighted by Gasteiger charge is -2.11. The van der Waals surface area contributed by atoms with E-state index in [-0.39, 0.29) is 29.5 Å². The summed E-state index contributed by atoms with van der Waals surface area (Å²) in [6, 6.07) is 3.83. The van der Waals surface area contributed by atoms with E-state index in [1.54, 1.807) is 13.0 Å². The molecule has 0 bridgehead atoms. The summed E-state index contributed by atoms with van der Waals surface area (Å²) in [6.07, 6.45) is 4.22. The van der Waals surface area contributed by atoms with E-state index >= 15 is 0 Å². The molecule has 1 aliphatic carbocycles. The van der Waals surface area contributed by atoms with Gasteiger partial charge in [-0.2, -0.15) is 0 Å². The first kappa shape index (κ1) is 15.0. The summed E-state index contributed by atoms with van der Waals surface area (Å²) in [6.45, 7) is 1.61. The molecular formula is C16H13F2N3O2. The number of aliphatic hydroxyl groups excluding tert-OH is 2. The Labute approximate surface area is 130 Å². The maximum absolute atomic E-state index is 14.1. The highest BCUT2D eigenvalue weighted by molar-refractivity contribution is 5.67. The van der Waals surface area contributed by atoms with Gasteiger partial charge in [-0.05, 0) is 25.1 Å². The van der Waals surface area contributed by atoms with Crippen molar-refractivity contribution >= 4 is 5.57 Å². The molecule has 0 amide bonds. The molecule has 0 aliphatic heterocycles. The van der Waals surface area contributed by atoms with Gasteiger partial charge in [0.1, 0.15) is 17.3 Å². The van der Waals surface area contributed by atoms with Crippen LogP contribution in [0.5, 0.6) is 0 Å².